The van der Waals surface area contributed by atoms with Crippen LogP contribution in [-0.4, -0.2) is 37.6 Å². The number of nitriles is 1. The molecule has 0 radical (unpaired) electrons. The van der Waals surface area contributed by atoms with Crippen LogP contribution in [0.2, 0.25) is 0 Å². The molecule has 1 N–H and O–H groups in total. The molecule has 0 bridgehead atoms. The van der Waals surface area contributed by atoms with Gasteiger partial charge in [0.25, 0.3) is 0 Å². The molecule has 1 aromatic carbocycles. The molecule has 1 aliphatic rings. The number of likely N-dealkylation sites (tertiary alicyclic amines) is 1. The van der Waals surface area contributed by atoms with Gasteiger partial charge < -0.3 is 5.32 Å². The molecule has 1 fully saturated rings. The van der Waals surface area contributed by atoms with Crippen molar-refractivity contribution in [3.05, 3.63) is 35.9 Å². The van der Waals surface area contributed by atoms with Crippen LogP contribution in [0.25, 0.3) is 0 Å². The predicted molar refractivity (Wildman–Crippen MR) is 68.7 cm³/mol. The molecule has 1 saturated heterocycles. The van der Waals surface area contributed by atoms with Crippen LogP contribution in [-0.2, 0) is 0 Å². The van der Waals surface area contributed by atoms with E-state index in [0.29, 0.717) is 18.5 Å². The van der Waals surface area contributed by atoms with Crippen LogP contribution < -0.4 is 5.32 Å². The number of nitrogens with one attached hydrogen (secondary N) is 1. The van der Waals surface area contributed by atoms with Crippen molar-refractivity contribution in [2.24, 2.45) is 0 Å². The smallest absolute Gasteiger partial charge is 0.0866 e. The predicted octanol–water partition coefficient (Wildman–Crippen LogP) is 1.59. The Kier molecular flexibility index (Phi) is 4.13. The molecule has 1 aromatic rings. The molecular formula is C14H19N3. The molecule has 90 valence electrons. The van der Waals surface area contributed by atoms with Gasteiger partial charge in [0.05, 0.1) is 12.6 Å². The van der Waals surface area contributed by atoms with Crippen molar-refractivity contribution in [2.75, 3.05) is 26.7 Å². The van der Waals surface area contributed by atoms with Gasteiger partial charge in [-0.1, -0.05) is 30.3 Å². The molecule has 2 rings (SSSR count). The first-order chi connectivity index (χ1) is 8.33. The Morgan fingerprint density at radius 2 is 2.12 bits per heavy atom. The second kappa shape index (κ2) is 5.81. The van der Waals surface area contributed by atoms with Gasteiger partial charge in [-0.3, -0.25) is 4.90 Å². The minimum absolute atomic E-state index is 0.488. The Morgan fingerprint density at radius 3 is 2.76 bits per heavy atom. The lowest BCUT2D eigenvalue weighted by molar-refractivity contribution is 0.193. The van der Waals surface area contributed by atoms with Crippen molar-refractivity contribution in [1.82, 2.24) is 10.2 Å². The van der Waals surface area contributed by atoms with Crippen molar-refractivity contribution < 1.29 is 0 Å². The van der Waals surface area contributed by atoms with Crippen LogP contribution in [0.1, 0.15) is 17.9 Å². The zero-order valence-electron chi connectivity index (χ0n) is 10.3. The number of hydrogen-bond acceptors (Lipinski definition) is 3. The fourth-order valence-corrected chi connectivity index (χ4v) is 2.60. The molecule has 2 unspecified atom stereocenters. The highest BCUT2D eigenvalue weighted by Crippen LogP contribution is 2.26. The fourth-order valence-electron chi connectivity index (χ4n) is 2.60. The Hall–Kier alpha value is -1.37. The van der Waals surface area contributed by atoms with E-state index in [4.69, 9.17) is 5.26 Å². The minimum atomic E-state index is 0.488. The summed E-state index contributed by atoms with van der Waals surface area (Å²) in [5, 5.41) is 12.2. The Labute approximate surface area is 103 Å². The number of rotatable bonds is 3. The number of nitrogens with zero attached hydrogens (tertiary/aromatic N) is 2. The molecule has 0 amide bonds. The summed E-state index contributed by atoms with van der Waals surface area (Å²) >= 11 is 0. The van der Waals surface area contributed by atoms with Gasteiger partial charge in [-0.05, 0) is 24.9 Å². The molecule has 1 aliphatic heterocycles. The third kappa shape index (κ3) is 3.06. The molecule has 0 aromatic heterocycles. The van der Waals surface area contributed by atoms with Gasteiger partial charge in [0.15, 0.2) is 0 Å². The largest absolute Gasteiger partial charge is 0.316 e. The average molecular weight is 229 g/mol. The molecule has 3 nitrogen and oxygen atoms in total. The molecule has 0 spiro atoms. The summed E-state index contributed by atoms with van der Waals surface area (Å²) in [6, 6.07) is 13.3. The fraction of sp³-hybridized carbons (Fsp3) is 0.500. The highest BCUT2D eigenvalue weighted by Gasteiger charge is 2.26. The first-order valence-corrected chi connectivity index (χ1v) is 6.15. The zero-order valence-corrected chi connectivity index (χ0v) is 10.3. The monoisotopic (exact) mass is 229 g/mol. The zero-order chi connectivity index (χ0) is 12.1. The number of piperidine rings is 1. The van der Waals surface area contributed by atoms with Gasteiger partial charge in [0.2, 0.25) is 0 Å². The topological polar surface area (TPSA) is 39.1 Å². The Bertz CT molecular complexity index is 382. The maximum atomic E-state index is 8.82. The summed E-state index contributed by atoms with van der Waals surface area (Å²) < 4.78 is 0. The quantitative estimate of drug-likeness (QED) is 0.800. The Balaban J connectivity index is 2.09. The first kappa shape index (κ1) is 12.1. The average Bonchev–Trinajstić information content (AvgIpc) is 2.40. The standard InChI is InChI=1S/C14H19N3/c1-16-14-9-13(10-17(11-14)8-7-15)12-5-3-2-4-6-12/h2-6,13-14,16H,8-11H2,1H3. The van der Waals surface area contributed by atoms with Crippen LogP contribution >= 0.6 is 0 Å². The van der Waals surface area contributed by atoms with Crippen LogP contribution in [0.4, 0.5) is 0 Å². The van der Waals surface area contributed by atoms with E-state index in [0.717, 1.165) is 19.5 Å². The van der Waals surface area contributed by atoms with Gasteiger partial charge in [-0.25, -0.2) is 0 Å². The van der Waals surface area contributed by atoms with Crippen LogP contribution in [0.15, 0.2) is 30.3 Å². The van der Waals surface area contributed by atoms with E-state index >= 15 is 0 Å². The summed E-state index contributed by atoms with van der Waals surface area (Å²) in [6.45, 7) is 2.50. The summed E-state index contributed by atoms with van der Waals surface area (Å²) in [7, 11) is 2.00. The molecule has 2 atom stereocenters. The summed E-state index contributed by atoms with van der Waals surface area (Å²) in [4.78, 5) is 2.24. The Morgan fingerprint density at radius 1 is 1.35 bits per heavy atom. The van der Waals surface area contributed by atoms with Gasteiger partial charge in [0, 0.05) is 19.1 Å². The van der Waals surface area contributed by atoms with E-state index in [1.54, 1.807) is 0 Å². The molecular weight excluding hydrogens is 210 g/mol. The molecule has 0 saturated carbocycles. The van der Waals surface area contributed by atoms with Crippen molar-refractivity contribution >= 4 is 0 Å². The van der Waals surface area contributed by atoms with Crippen molar-refractivity contribution in [1.29, 1.82) is 5.26 Å². The van der Waals surface area contributed by atoms with Crippen LogP contribution in [0.3, 0.4) is 0 Å². The minimum Gasteiger partial charge on any atom is -0.316 e. The van der Waals surface area contributed by atoms with Gasteiger partial charge >= 0.3 is 0 Å². The first-order valence-electron chi connectivity index (χ1n) is 6.15. The number of hydrogen-bond donors (Lipinski definition) is 1. The van der Waals surface area contributed by atoms with Crippen molar-refractivity contribution in [2.45, 2.75) is 18.4 Å². The molecule has 1 heterocycles. The number of likely N-dealkylation sites (N-methyl/N-ethyl adjacent to an activating group) is 1. The van der Waals surface area contributed by atoms with Gasteiger partial charge in [-0.15, -0.1) is 0 Å². The van der Waals surface area contributed by atoms with E-state index in [2.05, 4.69) is 46.6 Å². The van der Waals surface area contributed by atoms with E-state index in [-0.39, 0.29) is 0 Å². The maximum absolute atomic E-state index is 8.82. The highest BCUT2D eigenvalue weighted by atomic mass is 15.2. The lowest BCUT2D eigenvalue weighted by Crippen LogP contribution is -2.47. The maximum Gasteiger partial charge on any atom is 0.0866 e. The van der Waals surface area contributed by atoms with Crippen molar-refractivity contribution in [3.63, 3.8) is 0 Å². The molecule has 0 aliphatic carbocycles. The van der Waals surface area contributed by atoms with E-state index in [1.165, 1.54) is 5.56 Å². The third-order valence-electron chi connectivity index (χ3n) is 3.50. The van der Waals surface area contributed by atoms with Crippen molar-refractivity contribution in [3.8, 4) is 6.07 Å². The summed E-state index contributed by atoms with van der Waals surface area (Å²) in [5.74, 6) is 0.538. The van der Waals surface area contributed by atoms with E-state index < -0.39 is 0 Å². The lowest BCUT2D eigenvalue weighted by atomic mass is 9.88. The second-order valence-corrected chi connectivity index (χ2v) is 4.68. The molecule has 3 heteroatoms. The van der Waals surface area contributed by atoms with E-state index in [1.807, 2.05) is 7.05 Å². The summed E-state index contributed by atoms with van der Waals surface area (Å²) in [5.41, 5.74) is 1.38. The van der Waals surface area contributed by atoms with Crippen LogP contribution in [0, 0.1) is 11.3 Å². The van der Waals surface area contributed by atoms with Gasteiger partial charge in [0.1, 0.15) is 0 Å². The lowest BCUT2D eigenvalue weighted by Gasteiger charge is -2.36. The third-order valence-corrected chi connectivity index (χ3v) is 3.50. The SMILES string of the molecule is CNC1CC(c2ccccc2)CN(CC#N)C1. The molecule has 17 heavy (non-hydrogen) atoms. The van der Waals surface area contributed by atoms with Gasteiger partial charge in [-0.2, -0.15) is 5.26 Å². The highest BCUT2D eigenvalue weighted by molar-refractivity contribution is 5.21. The number of benzene rings is 1. The summed E-state index contributed by atoms with van der Waals surface area (Å²) in [6.07, 6.45) is 1.16. The normalized spacial score (nSPS) is 25.4. The van der Waals surface area contributed by atoms with E-state index in [9.17, 15) is 0 Å². The second-order valence-electron chi connectivity index (χ2n) is 4.68. The van der Waals surface area contributed by atoms with Crippen LogP contribution in [0.5, 0.6) is 0 Å².